The van der Waals surface area contributed by atoms with Crippen molar-refractivity contribution in [2.24, 2.45) is 10.8 Å². The van der Waals surface area contributed by atoms with Crippen molar-refractivity contribution in [3.8, 4) is 5.75 Å². The molecule has 3 rings (SSSR count). The Hall–Kier alpha value is -2.51. The fourth-order valence-corrected chi connectivity index (χ4v) is 4.60. The van der Waals surface area contributed by atoms with E-state index in [0.29, 0.717) is 22.0 Å². The Balaban J connectivity index is 1.77. The van der Waals surface area contributed by atoms with Gasteiger partial charge in [-0.05, 0) is 24.3 Å². The topological polar surface area (TPSA) is 42.7 Å². The fourth-order valence-electron chi connectivity index (χ4n) is 4.39. The third kappa shape index (κ3) is 3.40. The van der Waals surface area contributed by atoms with Crippen molar-refractivity contribution >= 4 is 23.2 Å². The molecule has 0 aromatic heterocycles. The minimum Gasteiger partial charge on any atom is -0.489 e. The van der Waals surface area contributed by atoms with Gasteiger partial charge in [0.25, 0.3) is 5.91 Å². The number of carbonyl (C=O) groups excluding carboxylic acids is 1. The third-order valence-corrected chi connectivity index (χ3v) is 5.75. The standard InChI is InChI=1S/C22H23ClN2O2/c1-21(2)19(25-18(26)14-9-7-6-8-10-14)22(3,4)20(21)27-15-11-12-17(24-5)16(23)13-15/h6-13,19-20H,1-4H3,(H,25,26). The maximum atomic E-state index is 12.6. The van der Waals surface area contributed by atoms with E-state index in [2.05, 4.69) is 37.9 Å². The monoisotopic (exact) mass is 382 g/mol. The van der Waals surface area contributed by atoms with Gasteiger partial charge < -0.3 is 10.1 Å². The molecule has 0 saturated heterocycles. The lowest BCUT2D eigenvalue weighted by atomic mass is 9.49. The molecule has 1 fully saturated rings. The first-order valence-electron chi connectivity index (χ1n) is 8.87. The molecule has 1 saturated carbocycles. The van der Waals surface area contributed by atoms with Crippen LogP contribution in [0, 0.1) is 17.4 Å². The van der Waals surface area contributed by atoms with Crippen LogP contribution in [-0.4, -0.2) is 18.1 Å². The Morgan fingerprint density at radius 3 is 2.30 bits per heavy atom. The largest absolute Gasteiger partial charge is 0.489 e. The number of ether oxygens (including phenoxy) is 1. The van der Waals surface area contributed by atoms with Crippen LogP contribution in [0.25, 0.3) is 4.85 Å². The maximum absolute atomic E-state index is 12.6. The first-order valence-corrected chi connectivity index (χ1v) is 9.25. The lowest BCUT2D eigenvalue weighted by molar-refractivity contribution is -0.164. The molecule has 140 valence electrons. The predicted molar refractivity (Wildman–Crippen MR) is 107 cm³/mol. The van der Waals surface area contributed by atoms with Gasteiger partial charge in [0.05, 0.1) is 11.6 Å². The Morgan fingerprint density at radius 2 is 1.74 bits per heavy atom. The lowest BCUT2D eigenvalue weighted by Gasteiger charge is -2.63. The normalized spacial score (nSPS) is 22.2. The van der Waals surface area contributed by atoms with Crippen LogP contribution in [0.15, 0.2) is 48.5 Å². The van der Waals surface area contributed by atoms with E-state index < -0.39 is 0 Å². The molecule has 27 heavy (non-hydrogen) atoms. The van der Waals surface area contributed by atoms with Gasteiger partial charge in [-0.2, -0.15) is 0 Å². The predicted octanol–water partition coefficient (Wildman–Crippen LogP) is 5.50. The number of halogens is 1. The van der Waals surface area contributed by atoms with E-state index >= 15 is 0 Å². The van der Waals surface area contributed by atoms with Gasteiger partial charge in [0, 0.05) is 22.4 Å². The van der Waals surface area contributed by atoms with E-state index in [4.69, 9.17) is 22.9 Å². The summed E-state index contributed by atoms with van der Waals surface area (Å²) in [4.78, 5) is 16.0. The molecule has 1 aliphatic carbocycles. The summed E-state index contributed by atoms with van der Waals surface area (Å²) in [6.07, 6.45) is -0.110. The molecular formula is C22H23ClN2O2. The number of benzene rings is 2. The van der Waals surface area contributed by atoms with Crippen molar-refractivity contribution in [1.29, 1.82) is 0 Å². The van der Waals surface area contributed by atoms with E-state index in [-0.39, 0.29) is 28.9 Å². The number of hydrogen-bond acceptors (Lipinski definition) is 2. The summed E-state index contributed by atoms with van der Waals surface area (Å²) in [5.74, 6) is 0.552. The quantitative estimate of drug-likeness (QED) is 0.709. The van der Waals surface area contributed by atoms with Crippen molar-refractivity contribution in [3.63, 3.8) is 0 Å². The molecule has 2 aromatic rings. The molecule has 0 unspecified atom stereocenters. The second kappa shape index (κ2) is 6.90. The van der Waals surface area contributed by atoms with E-state index in [0.717, 1.165) is 0 Å². The summed E-state index contributed by atoms with van der Waals surface area (Å²) < 4.78 is 6.24. The Bertz CT molecular complexity index is 884. The Labute approximate surface area is 165 Å². The third-order valence-electron chi connectivity index (χ3n) is 5.44. The van der Waals surface area contributed by atoms with Crippen molar-refractivity contribution < 1.29 is 9.53 Å². The molecular weight excluding hydrogens is 360 g/mol. The van der Waals surface area contributed by atoms with Gasteiger partial charge in [-0.15, -0.1) is 0 Å². The fraction of sp³-hybridized carbons (Fsp3) is 0.364. The van der Waals surface area contributed by atoms with Crippen LogP contribution in [0.1, 0.15) is 38.1 Å². The molecule has 1 N–H and O–H groups in total. The van der Waals surface area contributed by atoms with Gasteiger partial charge >= 0.3 is 0 Å². The Morgan fingerprint density at radius 1 is 1.11 bits per heavy atom. The van der Waals surface area contributed by atoms with Crippen LogP contribution >= 0.6 is 11.6 Å². The molecule has 1 aliphatic rings. The second-order valence-electron chi connectivity index (χ2n) is 8.14. The zero-order valence-corrected chi connectivity index (χ0v) is 16.7. The molecule has 0 bridgehead atoms. The summed E-state index contributed by atoms with van der Waals surface area (Å²) in [5, 5.41) is 3.55. The van der Waals surface area contributed by atoms with Gasteiger partial charge in [-0.25, -0.2) is 4.85 Å². The molecule has 0 atom stereocenters. The average Bonchev–Trinajstić information content (AvgIpc) is 2.64. The Kier molecular flexibility index (Phi) is 4.92. The molecule has 0 radical (unpaired) electrons. The highest BCUT2D eigenvalue weighted by molar-refractivity contribution is 6.33. The van der Waals surface area contributed by atoms with Crippen LogP contribution in [0.5, 0.6) is 5.75 Å². The minimum atomic E-state index is -0.265. The lowest BCUT2D eigenvalue weighted by Crippen LogP contribution is -2.74. The summed E-state index contributed by atoms with van der Waals surface area (Å²) in [6, 6.07) is 14.3. The number of hydrogen-bond donors (Lipinski definition) is 1. The summed E-state index contributed by atoms with van der Waals surface area (Å²) in [7, 11) is 0. The van der Waals surface area contributed by atoms with E-state index in [1.807, 2.05) is 30.3 Å². The maximum Gasteiger partial charge on any atom is 0.251 e. The van der Waals surface area contributed by atoms with Crippen LogP contribution in [0.3, 0.4) is 0 Å². The van der Waals surface area contributed by atoms with Crippen LogP contribution in [0.2, 0.25) is 5.02 Å². The summed E-state index contributed by atoms with van der Waals surface area (Å²) in [6.45, 7) is 15.5. The summed E-state index contributed by atoms with van der Waals surface area (Å²) >= 11 is 6.13. The smallest absolute Gasteiger partial charge is 0.251 e. The van der Waals surface area contributed by atoms with Crippen molar-refractivity contribution in [2.75, 3.05) is 0 Å². The number of nitrogens with one attached hydrogen (secondary N) is 1. The zero-order chi connectivity index (χ0) is 19.8. The average molecular weight is 383 g/mol. The highest BCUT2D eigenvalue weighted by atomic mass is 35.5. The minimum absolute atomic E-state index is 0.0410. The van der Waals surface area contributed by atoms with Gasteiger partial charge in [0.1, 0.15) is 11.9 Å². The van der Waals surface area contributed by atoms with E-state index in [9.17, 15) is 4.79 Å². The van der Waals surface area contributed by atoms with Crippen molar-refractivity contribution in [2.45, 2.75) is 39.8 Å². The summed E-state index contributed by atoms with van der Waals surface area (Å²) in [5.41, 5.74) is 0.525. The van der Waals surface area contributed by atoms with Crippen LogP contribution in [0.4, 0.5) is 5.69 Å². The molecule has 0 spiro atoms. The van der Waals surface area contributed by atoms with Gasteiger partial charge in [-0.1, -0.05) is 63.6 Å². The number of carbonyl (C=O) groups is 1. The molecule has 4 nitrogen and oxygen atoms in total. The molecule has 1 amide bonds. The number of amides is 1. The van der Waals surface area contributed by atoms with Gasteiger partial charge in [0.15, 0.2) is 0 Å². The van der Waals surface area contributed by atoms with Crippen LogP contribution in [-0.2, 0) is 0 Å². The van der Waals surface area contributed by atoms with E-state index in [1.165, 1.54) is 0 Å². The highest BCUT2D eigenvalue weighted by Gasteiger charge is 2.64. The first-order chi connectivity index (χ1) is 12.7. The second-order valence-corrected chi connectivity index (χ2v) is 8.55. The number of rotatable bonds is 4. The highest BCUT2D eigenvalue weighted by Crippen LogP contribution is 2.55. The first kappa shape index (κ1) is 19.3. The van der Waals surface area contributed by atoms with E-state index in [1.54, 1.807) is 18.2 Å². The number of nitrogens with zero attached hydrogens (tertiary/aromatic N) is 1. The van der Waals surface area contributed by atoms with Gasteiger partial charge in [-0.3, -0.25) is 4.79 Å². The SMILES string of the molecule is [C-]#[N+]c1ccc(OC2C(C)(C)C(NC(=O)c3ccccc3)C2(C)C)cc1Cl. The van der Waals surface area contributed by atoms with Crippen molar-refractivity contribution in [1.82, 2.24) is 5.32 Å². The molecule has 5 heteroatoms. The van der Waals surface area contributed by atoms with Gasteiger partial charge in [0.2, 0.25) is 5.69 Å². The molecule has 0 aliphatic heterocycles. The zero-order valence-electron chi connectivity index (χ0n) is 15.9. The van der Waals surface area contributed by atoms with Crippen molar-refractivity contribution in [3.05, 3.63) is 70.5 Å². The molecule has 0 heterocycles. The van der Waals surface area contributed by atoms with Crippen LogP contribution < -0.4 is 10.1 Å². The molecule has 2 aromatic carbocycles.